The number of oxazole rings is 1. The van der Waals surface area contributed by atoms with Crippen molar-refractivity contribution in [2.45, 2.75) is 25.7 Å². The van der Waals surface area contributed by atoms with Crippen molar-refractivity contribution >= 4 is 27.3 Å². The van der Waals surface area contributed by atoms with Crippen LogP contribution >= 0.6 is 11.6 Å². The highest BCUT2D eigenvalue weighted by Gasteiger charge is 2.20. The number of hydrogen-bond acceptors (Lipinski definition) is 4. The second kappa shape index (κ2) is 6.54. The molecule has 0 saturated carbocycles. The quantitative estimate of drug-likeness (QED) is 0.715. The Morgan fingerprint density at radius 3 is 2.56 bits per heavy atom. The molecule has 0 aliphatic heterocycles. The molecule has 5 nitrogen and oxygen atoms in total. The van der Waals surface area contributed by atoms with E-state index in [9.17, 15) is 8.42 Å². The number of anilines is 1. The van der Waals surface area contributed by atoms with Crippen molar-refractivity contribution in [2.24, 2.45) is 0 Å². The number of sulfonamides is 1. The Labute approximate surface area is 151 Å². The first-order valence-corrected chi connectivity index (χ1v) is 9.45. The summed E-state index contributed by atoms with van der Waals surface area (Å²) in [5.74, 6) is 1.04. The number of nitrogens with zero attached hydrogens (tertiary/aromatic N) is 1. The number of nitrogens with one attached hydrogen (secondary N) is 1. The smallest absolute Gasteiger partial charge is 0.262 e. The third kappa shape index (κ3) is 3.55. The van der Waals surface area contributed by atoms with Crippen LogP contribution in [0.4, 0.5) is 5.69 Å². The molecule has 1 heterocycles. The van der Waals surface area contributed by atoms with Crippen LogP contribution in [0.15, 0.2) is 51.9 Å². The van der Waals surface area contributed by atoms with Gasteiger partial charge in [-0.25, -0.2) is 13.4 Å². The highest BCUT2D eigenvalue weighted by atomic mass is 35.5. The second-order valence-electron chi connectivity index (χ2n) is 5.74. The molecule has 0 fully saturated rings. The SMILES string of the molecule is Cc1ncc(-c2ccc(C)c(S(=O)(=O)Nc3cccc(Cl)c3C)c2)o1. The van der Waals surface area contributed by atoms with Crippen LogP contribution in [-0.4, -0.2) is 13.4 Å². The van der Waals surface area contributed by atoms with Crippen LogP contribution in [0.1, 0.15) is 17.0 Å². The van der Waals surface area contributed by atoms with Crippen LogP contribution < -0.4 is 4.72 Å². The Morgan fingerprint density at radius 2 is 1.88 bits per heavy atom. The van der Waals surface area contributed by atoms with Crippen molar-refractivity contribution in [1.82, 2.24) is 4.98 Å². The summed E-state index contributed by atoms with van der Waals surface area (Å²) < 4.78 is 33.8. The number of halogens is 1. The largest absolute Gasteiger partial charge is 0.441 e. The lowest BCUT2D eigenvalue weighted by Gasteiger charge is -2.13. The average molecular weight is 377 g/mol. The third-order valence-electron chi connectivity index (χ3n) is 3.90. The summed E-state index contributed by atoms with van der Waals surface area (Å²) in [5, 5.41) is 0.503. The van der Waals surface area contributed by atoms with Crippen molar-refractivity contribution in [1.29, 1.82) is 0 Å². The first-order valence-electron chi connectivity index (χ1n) is 7.59. The summed E-state index contributed by atoms with van der Waals surface area (Å²) in [6, 6.07) is 10.2. The van der Waals surface area contributed by atoms with Crippen LogP contribution in [-0.2, 0) is 10.0 Å². The second-order valence-corrected chi connectivity index (χ2v) is 7.80. The van der Waals surface area contributed by atoms with Crippen molar-refractivity contribution < 1.29 is 12.8 Å². The monoisotopic (exact) mass is 376 g/mol. The van der Waals surface area contributed by atoms with E-state index in [1.165, 1.54) is 0 Å². The molecule has 0 saturated heterocycles. The van der Waals surface area contributed by atoms with Gasteiger partial charge in [-0.05, 0) is 43.2 Å². The lowest BCUT2D eigenvalue weighted by molar-refractivity contribution is 0.534. The fourth-order valence-electron chi connectivity index (χ4n) is 2.46. The van der Waals surface area contributed by atoms with Gasteiger partial charge in [0, 0.05) is 17.5 Å². The van der Waals surface area contributed by atoms with E-state index >= 15 is 0 Å². The standard InChI is InChI=1S/C18H17ClN2O3S/c1-11-7-8-14(17-10-20-13(3)24-17)9-18(11)25(22,23)21-16-6-4-5-15(19)12(16)2/h4-10,21H,1-3H3. The molecule has 0 radical (unpaired) electrons. The average Bonchev–Trinajstić information content (AvgIpc) is 2.98. The van der Waals surface area contributed by atoms with E-state index < -0.39 is 10.0 Å². The maximum atomic E-state index is 12.9. The fraction of sp³-hybridized carbons (Fsp3) is 0.167. The van der Waals surface area contributed by atoms with Gasteiger partial charge in [-0.3, -0.25) is 4.72 Å². The van der Waals surface area contributed by atoms with Gasteiger partial charge in [-0.15, -0.1) is 0 Å². The highest BCUT2D eigenvalue weighted by molar-refractivity contribution is 7.92. The van der Waals surface area contributed by atoms with E-state index in [1.807, 2.05) is 0 Å². The lowest BCUT2D eigenvalue weighted by atomic mass is 10.1. The Bertz CT molecular complexity index is 1040. The molecule has 25 heavy (non-hydrogen) atoms. The summed E-state index contributed by atoms with van der Waals surface area (Å²) in [6.45, 7) is 5.24. The number of benzene rings is 2. The van der Waals surface area contributed by atoms with Crippen molar-refractivity contribution in [3.63, 3.8) is 0 Å². The Hall–Kier alpha value is -2.31. The van der Waals surface area contributed by atoms with Crippen LogP contribution in [0, 0.1) is 20.8 Å². The topological polar surface area (TPSA) is 72.2 Å². The predicted molar refractivity (Wildman–Crippen MR) is 98.4 cm³/mol. The van der Waals surface area contributed by atoms with Gasteiger partial charge in [0.25, 0.3) is 10.0 Å². The molecule has 1 N–H and O–H groups in total. The van der Waals surface area contributed by atoms with Crippen molar-refractivity contribution in [2.75, 3.05) is 4.72 Å². The normalized spacial score (nSPS) is 11.5. The molecule has 0 amide bonds. The summed E-state index contributed by atoms with van der Waals surface area (Å²) in [4.78, 5) is 4.23. The van der Waals surface area contributed by atoms with Crippen LogP contribution in [0.2, 0.25) is 5.02 Å². The van der Waals surface area contributed by atoms with E-state index in [4.69, 9.17) is 16.0 Å². The zero-order valence-electron chi connectivity index (χ0n) is 14.0. The summed E-state index contributed by atoms with van der Waals surface area (Å²) in [7, 11) is -3.78. The molecule has 0 bridgehead atoms. The first kappa shape index (κ1) is 17.5. The molecule has 0 spiro atoms. The summed E-state index contributed by atoms with van der Waals surface area (Å²) in [6.07, 6.45) is 1.57. The fourth-order valence-corrected chi connectivity index (χ4v) is 4.02. The van der Waals surface area contributed by atoms with Gasteiger partial charge in [-0.1, -0.05) is 29.8 Å². The Kier molecular flexibility index (Phi) is 4.58. The molecular weight excluding hydrogens is 360 g/mol. The number of aromatic nitrogens is 1. The van der Waals surface area contributed by atoms with Crippen LogP contribution in [0.25, 0.3) is 11.3 Å². The van der Waals surface area contributed by atoms with Gasteiger partial charge < -0.3 is 4.42 Å². The molecular formula is C18H17ClN2O3S. The maximum absolute atomic E-state index is 12.9. The third-order valence-corrected chi connectivity index (χ3v) is 5.81. The molecule has 0 unspecified atom stereocenters. The minimum Gasteiger partial charge on any atom is -0.441 e. The summed E-state index contributed by atoms with van der Waals surface area (Å²) >= 11 is 6.07. The minimum atomic E-state index is -3.78. The molecule has 0 aliphatic carbocycles. The number of rotatable bonds is 4. The predicted octanol–water partition coefficient (Wildman–Crippen LogP) is 4.72. The Morgan fingerprint density at radius 1 is 1.12 bits per heavy atom. The molecule has 3 aromatic rings. The van der Waals surface area contributed by atoms with E-state index in [2.05, 4.69) is 9.71 Å². The van der Waals surface area contributed by atoms with Gasteiger partial charge in [0.2, 0.25) is 0 Å². The zero-order chi connectivity index (χ0) is 18.2. The van der Waals surface area contributed by atoms with Crippen LogP contribution in [0.3, 0.4) is 0 Å². The number of hydrogen-bond donors (Lipinski definition) is 1. The molecule has 0 aliphatic rings. The Balaban J connectivity index is 2.03. The maximum Gasteiger partial charge on any atom is 0.262 e. The van der Waals surface area contributed by atoms with Crippen molar-refractivity contribution in [3.05, 3.63) is 64.6 Å². The van der Waals surface area contributed by atoms with Gasteiger partial charge in [0.05, 0.1) is 16.8 Å². The highest BCUT2D eigenvalue weighted by Crippen LogP contribution is 2.29. The van der Waals surface area contributed by atoms with E-state index in [0.29, 0.717) is 39.1 Å². The van der Waals surface area contributed by atoms with Gasteiger partial charge in [-0.2, -0.15) is 0 Å². The van der Waals surface area contributed by atoms with Gasteiger partial charge in [0.1, 0.15) is 0 Å². The minimum absolute atomic E-state index is 0.179. The molecule has 130 valence electrons. The molecule has 0 atom stereocenters. The van der Waals surface area contributed by atoms with Gasteiger partial charge in [0.15, 0.2) is 11.7 Å². The summed E-state index contributed by atoms with van der Waals surface area (Å²) in [5.41, 5.74) is 2.40. The van der Waals surface area contributed by atoms with Crippen LogP contribution in [0.5, 0.6) is 0 Å². The van der Waals surface area contributed by atoms with Crippen molar-refractivity contribution in [3.8, 4) is 11.3 Å². The number of aryl methyl sites for hydroxylation is 2. The zero-order valence-corrected chi connectivity index (χ0v) is 15.6. The van der Waals surface area contributed by atoms with Gasteiger partial charge >= 0.3 is 0 Å². The first-order chi connectivity index (χ1) is 11.8. The van der Waals surface area contributed by atoms with E-state index in [0.717, 1.165) is 0 Å². The molecule has 1 aromatic heterocycles. The molecule has 2 aromatic carbocycles. The van der Waals surface area contributed by atoms with E-state index in [1.54, 1.807) is 63.4 Å². The molecule has 7 heteroatoms. The van der Waals surface area contributed by atoms with E-state index in [-0.39, 0.29) is 4.90 Å². The molecule has 3 rings (SSSR count). The lowest BCUT2D eigenvalue weighted by Crippen LogP contribution is -2.15.